The van der Waals surface area contributed by atoms with Crippen molar-refractivity contribution in [2.45, 2.75) is 17.7 Å². The summed E-state index contributed by atoms with van der Waals surface area (Å²) in [4.78, 5) is 17.7. The Balaban J connectivity index is 1.30. The van der Waals surface area contributed by atoms with Crippen LogP contribution in [0, 0.1) is 5.92 Å². The van der Waals surface area contributed by atoms with Crippen LogP contribution in [0.1, 0.15) is 12.8 Å². The van der Waals surface area contributed by atoms with Gasteiger partial charge in [-0.1, -0.05) is 29.8 Å². The SMILES string of the molecule is O=C(Nc1cccc(-c2nc3ccccc3o2)c1)C1CCCN(S(=O)(=O)c2ccc(Cl)cc2)C1. The number of aromatic nitrogens is 1. The molecular weight excluding hydrogens is 474 g/mol. The minimum atomic E-state index is -3.70. The van der Waals surface area contributed by atoms with Crippen LogP contribution in [-0.4, -0.2) is 36.7 Å². The highest BCUT2D eigenvalue weighted by Gasteiger charge is 2.33. The molecule has 34 heavy (non-hydrogen) atoms. The van der Waals surface area contributed by atoms with Crippen molar-refractivity contribution in [2.75, 3.05) is 18.4 Å². The fourth-order valence-electron chi connectivity index (χ4n) is 4.10. The zero-order chi connectivity index (χ0) is 23.7. The summed E-state index contributed by atoms with van der Waals surface area (Å²) in [5, 5.41) is 3.39. The molecule has 0 aliphatic carbocycles. The van der Waals surface area contributed by atoms with E-state index < -0.39 is 15.9 Å². The first-order valence-corrected chi connectivity index (χ1v) is 12.7. The molecule has 1 amide bonds. The van der Waals surface area contributed by atoms with E-state index >= 15 is 0 Å². The van der Waals surface area contributed by atoms with Gasteiger partial charge >= 0.3 is 0 Å². The molecule has 0 bridgehead atoms. The van der Waals surface area contributed by atoms with E-state index in [9.17, 15) is 13.2 Å². The van der Waals surface area contributed by atoms with Crippen LogP contribution < -0.4 is 5.32 Å². The number of halogens is 1. The quantitative estimate of drug-likeness (QED) is 0.411. The highest BCUT2D eigenvalue weighted by molar-refractivity contribution is 7.89. The van der Waals surface area contributed by atoms with Crippen molar-refractivity contribution in [3.05, 3.63) is 77.8 Å². The van der Waals surface area contributed by atoms with E-state index in [4.69, 9.17) is 16.0 Å². The molecule has 1 saturated heterocycles. The molecule has 5 rings (SSSR count). The topological polar surface area (TPSA) is 92.5 Å². The van der Waals surface area contributed by atoms with Crippen LogP contribution in [-0.2, 0) is 14.8 Å². The minimum Gasteiger partial charge on any atom is -0.436 e. The molecule has 9 heteroatoms. The van der Waals surface area contributed by atoms with Gasteiger partial charge in [-0.2, -0.15) is 4.31 Å². The number of para-hydroxylation sites is 2. The monoisotopic (exact) mass is 495 g/mol. The van der Waals surface area contributed by atoms with Crippen LogP contribution in [0.15, 0.2) is 82.1 Å². The fraction of sp³-hybridized carbons (Fsp3) is 0.200. The number of oxazole rings is 1. The Morgan fingerprint density at radius 3 is 2.65 bits per heavy atom. The number of hydrogen-bond acceptors (Lipinski definition) is 5. The predicted octanol–water partition coefficient (Wildman–Crippen LogP) is 5.19. The highest BCUT2D eigenvalue weighted by atomic mass is 35.5. The number of piperidine rings is 1. The molecule has 1 fully saturated rings. The molecule has 1 aliphatic heterocycles. The smallest absolute Gasteiger partial charge is 0.243 e. The predicted molar refractivity (Wildman–Crippen MR) is 131 cm³/mol. The number of hydrogen-bond donors (Lipinski definition) is 1. The molecule has 1 N–H and O–H groups in total. The number of carbonyl (C=O) groups excluding carboxylic acids is 1. The number of amides is 1. The van der Waals surface area contributed by atoms with E-state index in [1.807, 2.05) is 36.4 Å². The third-order valence-corrected chi connectivity index (χ3v) is 8.01. The number of anilines is 1. The van der Waals surface area contributed by atoms with Gasteiger partial charge in [0.15, 0.2) is 5.58 Å². The van der Waals surface area contributed by atoms with Crippen LogP contribution in [0.4, 0.5) is 5.69 Å². The lowest BCUT2D eigenvalue weighted by Gasteiger charge is -2.31. The van der Waals surface area contributed by atoms with Gasteiger partial charge in [0.1, 0.15) is 5.52 Å². The second-order valence-corrected chi connectivity index (χ2v) is 10.6. The number of nitrogens with one attached hydrogen (secondary N) is 1. The number of benzene rings is 3. The summed E-state index contributed by atoms with van der Waals surface area (Å²) in [5.74, 6) is -0.204. The summed E-state index contributed by atoms with van der Waals surface area (Å²) in [6.45, 7) is 0.504. The first kappa shape index (κ1) is 22.6. The summed E-state index contributed by atoms with van der Waals surface area (Å²) < 4.78 is 33.3. The molecule has 174 valence electrons. The Morgan fingerprint density at radius 2 is 1.85 bits per heavy atom. The summed E-state index contributed by atoms with van der Waals surface area (Å²) in [5.41, 5.74) is 2.79. The summed E-state index contributed by atoms with van der Waals surface area (Å²) in [7, 11) is -3.70. The van der Waals surface area contributed by atoms with E-state index in [-0.39, 0.29) is 17.3 Å². The second kappa shape index (κ2) is 9.21. The van der Waals surface area contributed by atoms with Gasteiger partial charge in [-0.3, -0.25) is 4.79 Å². The lowest BCUT2D eigenvalue weighted by atomic mass is 9.98. The van der Waals surface area contributed by atoms with Crippen LogP contribution in [0.5, 0.6) is 0 Å². The van der Waals surface area contributed by atoms with Crippen molar-refractivity contribution in [3.63, 3.8) is 0 Å². The number of rotatable bonds is 5. The molecule has 2 heterocycles. The van der Waals surface area contributed by atoms with Crippen molar-refractivity contribution in [3.8, 4) is 11.5 Å². The van der Waals surface area contributed by atoms with Crippen molar-refractivity contribution in [1.29, 1.82) is 0 Å². The summed E-state index contributed by atoms with van der Waals surface area (Å²) >= 11 is 5.89. The number of carbonyl (C=O) groups is 1. The Bertz CT molecular complexity index is 1420. The summed E-state index contributed by atoms with van der Waals surface area (Å²) in [6, 6.07) is 20.8. The molecular formula is C25H22ClN3O4S. The molecule has 1 unspecified atom stereocenters. The van der Waals surface area contributed by atoms with Crippen molar-refractivity contribution >= 4 is 44.3 Å². The zero-order valence-electron chi connectivity index (χ0n) is 18.1. The van der Waals surface area contributed by atoms with E-state index in [1.165, 1.54) is 16.4 Å². The maximum atomic E-state index is 13.0. The van der Waals surface area contributed by atoms with E-state index in [1.54, 1.807) is 24.3 Å². The molecule has 7 nitrogen and oxygen atoms in total. The van der Waals surface area contributed by atoms with Gasteiger partial charge in [0.05, 0.1) is 10.8 Å². The molecule has 0 spiro atoms. The average Bonchev–Trinajstić information content (AvgIpc) is 3.29. The first-order chi connectivity index (χ1) is 16.4. The zero-order valence-corrected chi connectivity index (χ0v) is 19.7. The van der Waals surface area contributed by atoms with E-state index in [2.05, 4.69) is 10.3 Å². The first-order valence-electron chi connectivity index (χ1n) is 10.9. The molecule has 1 aliphatic rings. The Hall–Kier alpha value is -3.20. The van der Waals surface area contributed by atoms with E-state index in [0.29, 0.717) is 41.6 Å². The maximum Gasteiger partial charge on any atom is 0.243 e. The van der Waals surface area contributed by atoms with Crippen molar-refractivity contribution in [2.24, 2.45) is 5.92 Å². The van der Waals surface area contributed by atoms with Gasteiger partial charge in [0.25, 0.3) is 0 Å². The molecule has 4 aromatic rings. The lowest BCUT2D eigenvalue weighted by molar-refractivity contribution is -0.120. The molecule has 0 saturated carbocycles. The summed E-state index contributed by atoms with van der Waals surface area (Å²) in [6.07, 6.45) is 1.22. The molecule has 0 radical (unpaired) electrons. The largest absolute Gasteiger partial charge is 0.436 e. The number of fused-ring (bicyclic) bond motifs is 1. The Morgan fingerprint density at radius 1 is 1.06 bits per heavy atom. The standard InChI is InChI=1S/C25H22ClN3O4S/c26-19-10-12-21(13-11-19)34(31,32)29-14-4-6-18(16-29)24(30)27-20-7-3-5-17(15-20)25-28-22-8-1-2-9-23(22)33-25/h1-3,5,7-13,15,18H,4,6,14,16H2,(H,27,30). The number of sulfonamides is 1. The van der Waals surface area contributed by atoms with Gasteiger partial charge in [-0.25, -0.2) is 13.4 Å². The van der Waals surface area contributed by atoms with Gasteiger partial charge in [-0.15, -0.1) is 0 Å². The average molecular weight is 496 g/mol. The third kappa shape index (κ3) is 4.57. The van der Waals surface area contributed by atoms with Crippen LogP contribution in [0.25, 0.3) is 22.6 Å². The Labute approximate surface area is 202 Å². The van der Waals surface area contributed by atoms with Crippen molar-refractivity contribution in [1.82, 2.24) is 9.29 Å². The highest BCUT2D eigenvalue weighted by Crippen LogP contribution is 2.28. The number of nitrogens with zero attached hydrogens (tertiary/aromatic N) is 2. The van der Waals surface area contributed by atoms with Gasteiger partial charge < -0.3 is 9.73 Å². The van der Waals surface area contributed by atoms with Crippen LogP contribution in [0.2, 0.25) is 5.02 Å². The van der Waals surface area contributed by atoms with Crippen LogP contribution in [0.3, 0.4) is 0 Å². The molecule has 1 aromatic heterocycles. The van der Waals surface area contributed by atoms with Gasteiger partial charge in [0, 0.05) is 29.4 Å². The normalized spacial score (nSPS) is 17.0. The third-order valence-electron chi connectivity index (χ3n) is 5.88. The molecule has 1 atom stereocenters. The molecule has 3 aromatic carbocycles. The fourth-order valence-corrected chi connectivity index (χ4v) is 5.75. The van der Waals surface area contributed by atoms with Crippen LogP contribution >= 0.6 is 11.6 Å². The van der Waals surface area contributed by atoms with Gasteiger partial charge in [0.2, 0.25) is 21.8 Å². The second-order valence-electron chi connectivity index (χ2n) is 8.21. The Kier molecular flexibility index (Phi) is 6.12. The minimum absolute atomic E-state index is 0.127. The maximum absolute atomic E-state index is 13.0. The van der Waals surface area contributed by atoms with E-state index in [0.717, 1.165) is 11.1 Å². The lowest BCUT2D eigenvalue weighted by Crippen LogP contribution is -2.43. The van der Waals surface area contributed by atoms with Crippen molar-refractivity contribution < 1.29 is 17.6 Å². The van der Waals surface area contributed by atoms with Gasteiger partial charge in [-0.05, 0) is 67.4 Å².